The van der Waals surface area contributed by atoms with E-state index in [1.54, 1.807) is 20.8 Å². The Kier molecular flexibility index (Phi) is 7.73. The third-order valence-corrected chi connectivity index (χ3v) is 4.50. The van der Waals surface area contributed by atoms with E-state index in [-0.39, 0.29) is 19.1 Å². The number of hydrogen-bond donors (Lipinski definition) is 2. The molecule has 6 heteroatoms. The van der Waals surface area contributed by atoms with Crippen LogP contribution in [0.25, 0.3) is 0 Å². The predicted octanol–water partition coefficient (Wildman–Crippen LogP) is 5.87. The Hall–Kier alpha value is -3.51. The number of amides is 1. The number of hydrogen-bond acceptors (Lipinski definition) is 5. The van der Waals surface area contributed by atoms with Crippen LogP contribution < -0.4 is 14.8 Å². The van der Waals surface area contributed by atoms with Crippen molar-refractivity contribution in [1.82, 2.24) is 5.32 Å². The minimum atomic E-state index is -0.566. The largest absolute Gasteiger partial charge is 0.457 e. The Morgan fingerprint density at radius 1 is 0.812 bits per heavy atom. The lowest BCUT2D eigenvalue weighted by atomic mass is 10.00. The zero-order chi connectivity index (χ0) is 23.0. The molecule has 3 aromatic rings. The minimum absolute atomic E-state index is 0.0983. The Morgan fingerprint density at radius 3 is 1.75 bits per heavy atom. The van der Waals surface area contributed by atoms with Gasteiger partial charge in [0.2, 0.25) is 0 Å². The fourth-order valence-corrected chi connectivity index (χ4v) is 2.95. The third kappa shape index (κ3) is 7.32. The summed E-state index contributed by atoms with van der Waals surface area (Å²) in [4.78, 5) is 11.9. The Balaban J connectivity index is 1.54. The predicted molar refractivity (Wildman–Crippen MR) is 124 cm³/mol. The molecule has 0 radical (unpaired) electrons. The SMILES string of the molecule is CC(C)(C)OC(=O)NC[C@@H](CO)c1ccc(Oc2ccc(Oc3ccccc3)cc2)cc1. The molecule has 0 spiro atoms. The maximum Gasteiger partial charge on any atom is 0.407 e. The molecule has 1 atom stereocenters. The first-order chi connectivity index (χ1) is 15.3. The quantitative estimate of drug-likeness (QED) is 0.463. The highest BCUT2D eigenvalue weighted by atomic mass is 16.6. The number of ether oxygens (including phenoxy) is 3. The van der Waals surface area contributed by atoms with E-state index in [4.69, 9.17) is 14.2 Å². The van der Waals surface area contributed by atoms with E-state index in [0.29, 0.717) is 11.5 Å². The monoisotopic (exact) mass is 435 g/mol. The summed E-state index contributed by atoms with van der Waals surface area (Å²) in [6, 6.07) is 24.4. The first-order valence-corrected chi connectivity index (χ1v) is 10.5. The lowest BCUT2D eigenvalue weighted by molar-refractivity contribution is 0.0521. The van der Waals surface area contributed by atoms with Gasteiger partial charge in [0.05, 0.1) is 6.61 Å². The number of carbonyl (C=O) groups excluding carboxylic acids is 1. The molecular formula is C26H29NO5. The molecule has 0 aliphatic rings. The molecule has 0 saturated heterocycles. The van der Waals surface area contributed by atoms with Gasteiger partial charge in [-0.15, -0.1) is 0 Å². The molecule has 0 aliphatic carbocycles. The van der Waals surface area contributed by atoms with Gasteiger partial charge in [0.15, 0.2) is 0 Å². The molecule has 0 aromatic heterocycles. The fourth-order valence-electron chi connectivity index (χ4n) is 2.95. The molecule has 0 bridgehead atoms. The summed E-state index contributed by atoms with van der Waals surface area (Å²) in [5, 5.41) is 12.4. The molecule has 6 nitrogen and oxygen atoms in total. The van der Waals surface area contributed by atoms with Crippen LogP contribution in [0.2, 0.25) is 0 Å². The highest BCUT2D eigenvalue weighted by Crippen LogP contribution is 2.27. The number of rotatable bonds is 8. The molecule has 0 saturated carbocycles. The van der Waals surface area contributed by atoms with Gasteiger partial charge in [-0.2, -0.15) is 0 Å². The number of alkyl carbamates (subject to hydrolysis) is 1. The van der Waals surface area contributed by atoms with Crippen LogP contribution in [0.4, 0.5) is 4.79 Å². The van der Waals surface area contributed by atoms with Gasteiger partial charge in [-0.3, -0.25) is 0 Å². The zero-order valence-corrected chi connectivity index (χ0v) is 18.6. The van der Waals surface area contributed by atoms with Crippen molar-refractivity contribution in [1.29, 1.82) is 0 Å². The average Bonchev–Trinajstić information content (AvgIpc) is 2.76. The highest BCUT2D eigenvalue weighted by molar-refractivity contribution is 5.67. The Bertz CT molecular complexity index is 979. The van der Waals surface area contributed by atoms with Crippen LogP contribution in [-0.4, -0.2) is 30.0 Å². The maximum atomic E-state index is 11.9. The lowest BCUT2D eigenvalue weighted by Crippen LogP contribution is -2.35. The van der Waals surface area contributed by atoms with Crippen molar-refractivity contribution in [2.45, 2.75) is 32.3 Å². The van der Waals surface area contributed by atoms with Crippen molar-refractivity contribution in [3.8, 4) is 23.0 Å². The van der Waals surface area contributed by atoms with Crippen molar-refractivity contribution >= 4 is 6.09 Å². The molecule has 168 valence electrons. The summed E-state index contributed by atoms with van der Waals surface area (Å²) in [5.74, 6) is 2.61. The smallest absolute Gasteiger partial charge is 0.407 e. The normalized spacial score (nSPS) is 12.0. The Labute approximate surface area is 188 Å². The number of para-hydroxylation sites is 1. The molecule has 0 unspecified atom stereocenters. The standard InChI is InChI=1S/C26H29NO5/c1-26(2,3)32-25(29)27-17-20(18-28)19-9-11-22(12-10-19)31-24-15-13-23(14-16-24)30-21-7-5-4-6-8-21/h4-16,20,28H,17-18H2,1-3H3,(H,27,29)/t20-/m0/s1. The van der Waals surface area contributed by atoms with Crippen LogP contribution in [0.1, 0.15) is 32.3 Å². The van der Waals surface area contributed by atoms with Crippen LogP contribution >= 0.6 is 0 Å². The van der Waals surface area contributed by atoms with Gasteiger partial charge in [-0.1, -0.05) is 30.3 Å². The molecule has 0 heterocycles. The second-order valence-corrected chi connectivity index (χ2v) is 8.32. The molecule has 0 aliphatic heterocycles. The fraction of sp³-hybridized carbons (Fsp3) is 0.269. The molecular weight excluding hydrogens is 406 g/mol. The van der Waals surface area contributed by atoms with E-state index in [1.807, 2.05) is 78.9 Å². The van der Waals surface area contributed by atoms with E-state index in [2.05, 4.69) is 5.32 Å². The van der Waals surface area contributed by atoms with Crippen molar-refractivity contribution < 1.29 is 24.1 Å². The summed E-state index contributed by atoms with van der Waals surface area (Å²) in [6.07, 6.45) is -0.504. The first kappa shape index (κ1) is 23.2. The number of benzene rings is 3. The number of carbonyl (C=O) groups is 1. The number of nitrogens with one attached hydrogen (secondary N) is 1. The van der Waals surface area contributed by atoms with Crippen molar-refractivity contribution in [3.05, 3.63) is 84.4 Å². The van der Waals surface area contributed by atoms with E-state index in [0.717, 1.165) is 17.1 Å². The van der Waals surface area contributed by atoms with Crippen LogP contribution in [0, 0.1) is 0 Å². The van der Waals surface area contributed by atoms with Crippen LogP contribution in [0.5, 0.6) is 23.0 Å². The van der Waals surface area contributed by atoms with Gasteiger partial charge in [0, 0.05) is 12.5 Å². The van der Waals surface area contributed by atoms with E-state index >= 15 is 0 Å². The van der Waals surface area contributed by atoms with E-state index in [1.165, 1.54) is 0 Å². The van der Waals surface area contributed by atoms with Crippen molar-refractivity contribution in [2.24, 2.45) is 0 Å². The molecule has 2 N–H and O–H groups in total. The molecule has 1 amide bonds. The van der Waals surface area contributed by atoms with Gasteiger partial charge >= 0.3 is 6.09 Å². The summed E-state index contributed by atoms with van der Waals surface area (Å²) in [5.41, 5.74) is 0.325. The van der Waals surface area contributed by atoms with Crippen LogP contribution in [-0.2, 0) is 4.74 Å². The van der Waals surface area contributed by atoms with Gasteiger partial charge in [0.25, 0.3) is 0 Å². The lowest BCUT2D eigenvalue weighted by Gasteiger charge is -2.21. The zero-order valence-electron chi connectivity index (χ0n) is 18.6. The van der Waals surface area contributed by atoms with E-state index in [9.17, 15) is 9.90 Å². The number of aliphatic hydroxyl groups excluding tert-OH is 1. The van der Waals surface area contributed by atoms with E-state index < -0.39 is 11.7 Å². The molecule has 0 fully saturated rings. The van der Waals surface area contributed by atoms with Gasteiger partial charge in [0.1, 0.15) is 28.6 Å². The summed E-state index contributed by atoms with van der Waals surface area (Å²) >= 11 is 0. The molecule has 3 rings (SSSR count). The maximum absolute atomic E-state index is 11.9. The van der Waals surface area contributed by atoms with Gasteiger partial charge < -0.3 is 24.6 Å². The Morgan fingerprint density at radius 2 is 1.28 bits per heavy atom. The second-order valence-electron chi connectivity index (χ2n) is 8.32. The molecule has 32 heavy (non-hydrogen) atoms. The third-order valence-electron chi connectivity index (χ3n) is 4.50. The minimum Gasteiger partial charge on any atom is -0.457 e. The number of aliphatic hydroxyl groups is 1. The van der Waals surface area contributed by atoms with Crippen molar-refractivity contribution in [3.63, 3.8) is 0 Å². The highest BCUT2D eigenvalue weighted by Gasteiger charge is 2.18. The average molecular weight is 436 g/mol. The first-order valence-electron chi connectivity index (χ1n) is 10.5. The van der Waals surface area contributed by atoms with Gasteiger partial charge in [-0.05, 0) is 74.9 Å². The summed E-state index contributed by atoms with van der Waals surface area (Å²) in [6.45, 7) is 5.59. The van der Waals surface area contributed by atoms with Gasteiger partial charge in [-0.25, -0.2) is 4.79 Å². The van der Waals surface area contributed by atoms with Crippen LogP contribution in [0.3, 0.4) is 0 Å². The summed E-state index contributed by atoms with van der Waals surface area (Å²) < 4.78 is 16.9. The second kappa shape index (κ2) is 10.7. The summed E-state index contributed by atoms with van der Waals surface area (Å²) in [7, 11) is 0. The topological polar surface area (TPSA) is 77.0 Å². The van der Waals surface area contributed by atoms with Crippen molar-refractivity contribution in [2.75, 3.05) is 13.2 Å². The van der Waals surface area contributed by atoms with Crippen LogP contribution in [0.15, 0.2) is 78.9 Å². The molecule has 3 aromatic carbocycles.